The fourth-order valence-electron chi connectivity index (χ4n) is 8.32. The van der Waals surface area contributed by atoms with Crippen molar-refractivity contribution in [1.29, 1.82) is 0 Å². The Morgan fingerprint density at radius 1 is 0.519 bits per heavy atom. The summed E-state index contributed by atoms with van der Waals surface area (Å²) in [5.41, 5.74) is 16.7. The minimum Gasteiger partial charge on any atom is -0.310 e. The van der Waals surface area contributed by atoms with E-state index in [0.717, 1.165) is 27.1 Å². The third kappa shape index (κ3) is 5.14. The Hall–Kier alpha value is -5.96. The van der Waals surface area contributed by atoms with Gasteiger partial charge in [-0.05, 0) is 105 Å². The molecule has 0 amide bonds. The summed E-state index contributed by atoms with van der Waals surface area (Å²) in [5, 5.41) is 0. The van der Waals surface area contributed by atoms with Crippen LogP contribution in [0.1, 0.15) is 34.7 Å². The van der Waals surface area contributed by atoms with Crippen molar-refractivity contribution in [1.82, 2.24) is 0 Å². The van der Waals surface area contributed by atoms with Crippen LogP contribution in [0.3, 0.4) is 0 Å². The highest BCUT2D eigenvalue weighted by Gasteiger charge is 2.52. The molecule has 1 atom stereocenters. The van der Waals surface area contributed by atoms with E-state index in [4.69, 9.17) is 0 Å². The molecule has 248 valence electrons. The van der Waals surface area contributed by atoms with Crippen LogP contribution in [0, 0.1) is 0 Å². The molecule has 0 aromatic heterocycles. The van der Waals surface area contributed by atoms with E-state index in [-0.39, 0.29) is 0 Å². The Morgan fingerprint density at radius 2 is 1.12 bits per heavy atom. The third-order valence-electron chi connectivity index (χ3n) is 10.5. The first-order chi connectivity index (χ1) is 25.7. The van der Waals surface area contributed by atoms with Crippen molar-refractivity contribution in [2.75, 3.05) is 4.90 Å². The van der Waals surface area contributed by atoms with Crippen molar-refractivity contribution in [3.8, 4) is 33.4 Å². The lowest BCUT2D eigenvalue weighted by atomic mass is 9.70. The number of benzene rings is 7. The molecule has 0 bridgehead atoms. The molecular weight excluding hydrogens is 694 g/mol. The van der Waals surface area contributed by atoms with E-state index in [0.29, 0.717) is 0 Å². The lowest BCUT2D eigenvalue weighted by molar-refractivity contribution is 0.793. The van der Waals surface area contributed by atoms with Crippen LogP contribution in [0.25, 0.3) is 39.5 Å². The van der Waals surface area contributed by atoms with Crippen LogP contribution in [0.5, 0.6) is 0 Å². The fraction of sp³-hybridized carbons (Fsp3) is 0.0400. The van der Waals surface area contributed by atoms with Gasteiger partial charge in [0.05, 0.1) is 5.41 Å². The summed E-state index contributed by atoms with van der Waals surface area (Å²) in [5.74, 6) is 0. The largest absolute Gasteiger partial charge is 0.310 e. The van der Waals surface area contributed by atoms with Gasteiger partial charge in [-0.3, -0.25) is 0 Å². The number of halogens is 1. The summed E-state index contributed by atoms with van der Waals surface area (Å²) in [6.07, 6.45) is 10.8. The molecule has 0 N–H and O–H groups in total. The highest BCUT2D eigenvalue weighted by atomic mass is 79.9. The highest BCUT2D eigenvalue weighted by molar-refractivity contribution is 9.10. The van der Waals surface area contributed by atoms with Gasteiger partial charge in [0.1, 0.15) is 0 Å². The zero-order valence-electron chi connectivity index (χ0n) is 28.9. The summed E-state index contributed by atoms with van der Waals surface area (Å²) >= 11 is 3.97. The van der Waals surface area contributed by atoms with Crippen LogP contribution in [-0.4, -0.2) is 0 Å². The number of hydrogen-bond acceptors (Lipinski definition) is 1. The van der Waals surface area contributed by atoms with Crippen LogP contribution >= 0.6 is 15.9 Å². The van der Waals surface area contributed by atoms with Crippen LogP contribution in [0.2, 0.25) is 0 Å². The van der Waals surface area contributed by atoms with Gasteiger partial charge >= 0.3 is 0 Å². The second-order valence-electron chi connectivity index (χ2n) is 13.3. The lowest BCUT2D eigenvalue weighted by Gasteiger charge is -2.32. The smallest absolute Gasteiger partial charge is 0.0726 e. The van der Waals surface area contributed by atoms with E-state index in [1.165, 1.54) is 55.6 Å². The zero-order chi connectivity index (χ0) is 35.1. The van der Waals surface area contributed by atoms with Gasteiger partial charge in [0.25, 0.3) is 0 Å². The van der Waals surface area contributed by atoms with Crippen molar-refractivity contribution in [3.05, 3.63) is 232 Å². The van der Waals surface area contributed by atoms with E-state index < -0.39 is 5.41 Å². The minimum atomic E-state index is -0.454. The molecule has 0 fully saturated rings. The molecule has 0 radical (unpaired) electrons. The number of anilines is 2. The quantitative estimate of drug-likeness (QED) is 0.148. The predicted molar refractivity (Wildman–Crippen MR) is 223 cm³/mol. The van der Waals surface area contributed by atoms with E-state index in [1.807, 2.05) is 0 Å². The number of nitrogens with zero attached hydrogens (tertiary/aromatic N) is 1. The van der Waals surface area contributed by atoms with E-state index >= 15 is 0 Å². The summed E-state index contributed by atoms with van der Waals surface area (Å²) < 4.78 is 1.12. The molecule has 0 saturated carbocycles. The van der Waals surface area contributed by atoms with Crippen LogP contribution in [0.15, 0.2) is 204 Å². The van der Waals surface area contributed by atoms with Gasteiger partial charge in [0.15, 0.2) is 0 Å². The normalized spacial score (nSPS) is 15.5. The van der Waals surface area contributed by atoms with E-state index in [2.05, 4.69) is 228 Å². The van der Waals surface area contributed by atoms with Crippen molar-refractivity contribution < 1.29 is 0 Å². The average molecular weight is 731 g/mol. The predicted octanol–water partition coefficient (Wildman–Crippen LogP) is 13.8. The molecular formula is C50H36BrN. The Labute approximate surface area is 314 Å². The molecule has 0 saturated heterocycles. The second-order valence-corrected chi connectivity index (χ2v) is 14.2. The molecule has 1 spiro atoms. The van der Waals surface area contributed by atoms with E-state index in [9.17, 15) is 0 Å². The van der Waals surface area contributed by atoms with Gasteiger partial charge in [-0.1, -0.05) is 174 Å². The molecule has 7 aromatic rings. The summed E-state index contributed by atoms with van der Waals surface area (Å²) in [7, 11) is 0. The van der Waals surface area contributed by atoms with Crippen molar-refractivity contribution in [3.63, 3.8) is 0 Å². The standard InChI is InChI=1S/C50H36BrN/c1-2-3-6-20-39(33-35-16-7-4-8-17-35)52(38-29-27-37(28-30-38)36-18-9-5-10-19-36)40-31-32-42-41-21-11-13-23-44(41)50(47(42)34-40)45-24-14-12-22-43(45)49-46(50)25-15-26-48(49)51/h2-34H,1H3/b3-2-,20-6-,39-33?. The first-order valence-corrected chi connectivity index (χ1v) is 18.6. The van der Waals surface area contributed by atoms with Crippen molar-refractivity contribution >= 4 is 33.4 Å². The Morgan fingerprint density at radius 3 is 1.87 bits per heavy atom. The highest BCUT2D eigenvalue weighted by Crippen LogP contribution is 2.64. The van der Waals surface area contributed by atoms with Crippen LogP contribution in [-0.2, 0) is 5.41 Å². The maximum absolute atomic E-state index is 3.97. The first kappa shape index (κ1) is 32.0. The second kappa shape index (κ2) is 13.3. The van der Waals surface area contributed by atoms with Crippen LogP contribution < -0.4 is 4.90 Å². The fourth-order valence-corrected chi connectivity index (χ4v) is 8.90. The SMILES string of the molecule is C/C=C\C=C/C(=Cc1ccccc1)N(c1ccc(-c2ccccc2)cc1)c1ccc2c(c1)C1(c3ccccc3-2)c2ccccc2-c2c(Br)cccc21. The third-order valence-corrected chi connectivity index (χ3v) is 11.1. The Balaban J connectivity index is 1.31. The number of hydrogen-bond donors (Lipinski definition) is 0. The van der Waals surface area contributed by atoms with Gasteiger partial charge in [-0.2, -0.15) is 0 Å². The molecule has 52 heavy (non-hydrogen) atoms. The van der Waals surface area contributed by atoms with Gasteiger partial charge in [-0.25, -0.2) is 0 Å². The molecule has 9 rings (SSSR count). The molecule has 2 aliphatic rings. The molecule has 2 heteroatoms. The molecule has 7 aromatic carbocycles. The van der Waals surface area contributed by atoms with Gasteiger partial charge < -0.3 is 4.90 Å². The molecule has 0 aliphatic heterocycles. The summed E-state index contributed by atoms with van der Waals surface area (Å²) in [6, 6.07) is 61.9. The van der Waals surface area contributed by atoms with Gasteiger partial charge in [0, 0.05) is 27.1 Å². The summed E-state index contributed by atoms with van der Waals surface area (Å²) in [6.45, 7) is 2.05. The molecule has 2 aliphatic carbocycles. The van der Waals surface area contributed by atoms with Crippen LogP contribution in [0.4, 0.5) is 11.4 Å². The average Bonchev–Trinajstić information content (AvgIpc) is 3.67. The number of rotatable bonds is 7. The maximum Gasteiger partial charge on any atom is 0.0726 e. The minimum absolute atomic E-state index is 0.454. The monoisotopic (exact) mass is 729 g/mol. The van der Waals surface area contributed by atoms with Crippen molar-refractivity contribution in [2.45, 2.75) is 12.3 Å². The van der Waals surface area contributed by atoms with Crippen molar-refractivity contribution in [2.24, 2.45) is 0 Å². The lowest BCUT2D eigenvalue weighted by Crippen LogP contribution is -2.26. The van der Waals surface area contributed by atoms with Gasteiger partial charge in [0.2, 0.25) is 0 Å². The Kier molecular flexibility index (Phi) is 8.18. The Bertz CT molecular complexity index is 2530. The summed E-state index contributed by atoms with van der Waals surface area (Å²) in [4.78, 5) is 2.40. The zero-order valence-corrected chi connectivity index (χ0v) is 30.5. The molecule has 0 heterocycles. The topological polar surface area (TPSA) is 3.24 Å². The number of allylic oxidation sites excluding steroid dienone is 4. The number of fused-ring (bicyclic) bond motifs is 10. The maximum atomic E-state index is 3.97. The molecule has 1 nitrogen and oxygen atoms in total. The molecule has 1 unspecified atom stereocenters. The van der Waals surface area contributed by atoms with E-state index in [1.54, 1.807) is 0 Å². The first-order valence-electron chi connectivity index (χ1n) is 17.8. The van der Waals surface area contributed by atoms with Gasteiger partial charge in [-0.15, -0.1) is 0 Å².